The predicted molar refractivity (Wildman–Crippen MR) is 174 cm³/mol. The van der Waals surface area contributed by atoms with Gasteiger partial charge in [0.2, 0.25) is 11.8 Å². The van der Waals surface area contributed by atoms with Crippen LogP contribution in [0.3, 0.4) is 0 Å². The van der Waals surface area contributed by atoms with Crippen LogP contribution in [0, 0.1) is 6.92 Å². The van der Waals surface area contributed by atoms with Crippen LogP contribution >= 0.6 is 11.3 Å². The Hall–Kier alpha value is -5.27. The third kappa shape index (κ3) is 7.72. The van der Waals surface area contributed by atoms with E-state index in [1.54, 1.807) is 55.7 Å². The lowest BCUT2D eigenvalue weighted by atomic mass is 10.0. The molecule has 4 aromatic carbocycles. The summed E-state index contributed by atoms with van der Waals surface area (Å²) < 4.78 is 5.23. The number of ether oxygens (including phenoxy) is 1. The Morgan fingerprint density at radius 3 is 2.28 bits per heavy atom. The lowest BCUT2D eigenvalue weighted by Crippen LogP contribution is -2.18. The molecule has 6 nitrogen and oxygen atoms in total. The molecule has 2 amide bonds. The molecule has 5 rings (SSSR count). The molecule has 7 heteroatoms. The first-order chi connectivity index (χ1) is 20.9. The highest BCUT2D eigenvalue weighted by atomic mass is 32.1. The standard InChI is InChI=1S/C36H30N2O4S/c1-24-8-10-25(11-9-24)20-35(40)38-33-18-14-29(22-32(33)36(41)27-6-4-3-5-7-27)37-34(39)19-17-31-21-28(23-43-31)26-12-15-30(42-2)16-13-26/h3-19,21-23H,20H2,1-2H3,(H,37,39)(H,38,40)/b19-17+. The predicted octanol–water partition coefficient (Wildman–Crippen LogP) is 7.80. The van der Waals surface area contributed by atoms with E-state index in [1.807, 2.05) is 73.0 Å². The summed E-state index contributed by atoms with van der Waals surface area (Å²) in [5.41, 5.74) is 5.68. The molecule has 2 N–H and O–H groups in total. The summed E-state index contributed by atoms with van der Waals surface area (Å²) in [4.78, 5) is 40.1. The maximum Gasteiger partial charge on any atom is 0.248 e. The summed E-state index contributed by atoms with van der Waals surface area (Å²) in [7, 11) is 1.63. The molecule has 0 aliphatic rings. The molecule has 1 aromatic heterocycles. The van der Waals surface area contributed by atoms with E-state index in [-0.39, 0.29) is 29.6 Å². The van der Waals surface area contributed by atoms with Crippen molar-refractivity contribution in [3.8, 4) is 16.9 Å². The fourth-order valence-electron chi connectivity index (χ4n) is 4.47. The van der Waals surface area contributed by atoms with Crippen molar-refractivity contribution in [1.82, 2.24) is 0 Å². The minimum Gasteiger partial charge on any atom is -0.497 e. The van der Waals surface area contributed by atoms with E-state index in [0.717, 1.165) is 32.9 Å². The van der Waals surface area contributed by atoms with Gasteiger partial charge in [-0.25, -0.2) is 0 Å². The molecular formula is C36H30N2O4S. The summed E-state index contributed by atoms with van der Waals surface area (Å²) in [6, 6.07) is 31.3. The molecule has 0 saturated carbocycles. The van der Waals surface area contributed by atoms with Crippen molar-refractivity contribution in [3.63, 3.8) is 0 Å². The molecule has 0 fully saturated rings. The number of hydrogen-bond donors (Lipinski definition) is 2. The minimum atomic E-state index is -0.339. The molecule has 214 valence electrons. The number of thiophene rings is 1. The maximum absolute atomic E-state index is 13.5. The maximum atomic E-state index is 13.5. The van der Waals surface area contributed by atoms with Gasteiger partial charge in [-0.1, -0.05) is 72.3 Å². The number of nitrogens with one attached hydrogen (secondary N) is 2. The molecule has 0 aliphatic carbocycles. The van der Waals surface area contributed by atoms with Gasteiger partial charge >= 0.3 is 0 Å². The summed E-state index contributed by atoms with van der Waals surface area (Å²) >= 11 is 1.53. The van der Waals surface area contributed by atoms with Gasteiger partial charge in [-0.15, -0.1) is 11.3 Å². The van der Waals surface area contributed by atoms with Crippen LogP contribution in [0.25, 0.3) is 17.2 Å². The van der Waals surface area contributed by atoms with Gasteiger partial charge in [0.1, 0.15) is 5.75 Å². The smallest absolute Gasteiger partial charge is 0.248 e. The third-order valence-corrected chi connectivity index (χ3v) is 7.67. The Bertz CT molecular complexity index is 1770. The lowest BCUT2D eigenvalue weighted by molar-refractivity contribution is -0.115. The number of anilines is 2. The van der Waals surface area contributed by atoms with Crippen LogP contribution < -0.4 is 15.4 Å². The van der Waals surface area contributed by atoms with Crippen molar-refractivity contribution in [2.24, 2.45) is 0 Å². The number of carbonyl (C=O) groups excluding carboxylic acids is 3. The van der Waals surface area contributed by atoms with Crippen LogP contribution in [-0.2, 0) is 16.0 Å². The number of benzene rings is 4. The Balaban J connectivity index is 1.31. The van der Waals surface area contributed by atoms with Crippen LogP contribution in [0.2, 0.25) is 0 Å². The minimum absolute atomic E-state index is 0.172. The van der Waals surface area contributed by atoms with Crippen molar-refractivity contribution < 1.29 is 19.1 Å². The summed E-state index contributed by atoms with van der Waals surface area (Å²) in [6.45, 7) is 1.99. The van der Waals surface area contributed by atoms with E-state index in [9.17, 15) is 14.4 Å². The average Bonchev–Trinajstić information content (AvgIpc) is 3.51. The van der Waals surface area contributed by atoms with Crippen LogP contribution in [0.15, 0.2) is 115 Å². The summed E-state index contributed by atoms with van der Waals surface area (Å²) in [5.74, 6) is -0.0473. The number of rotatable bonds is 10. The number of amides is 2. The molecule has 0 radical (unpaired) electrons. The van der Waals surface area contributed by atoms with Crippen molar-refractivity contribution in [1.29, 1.82) is 0 Å². The summed E-state index contributed by atoms with van der Waals surface area (Å²) in [6.07, 6.45) is 3.38. The highest BCUT2D eigenvalue weighted by Gasteiger charge is 2.17. The van der Waals surface area contributed by atoms with Crippen molar-refractivity contribution >= 4 is 46.4 Å². The van der Waals surface area contributed by atoms with Gasteiger partial charge < -0.3 is 15.4 Å². The van der Waals surface area contributed by atoms with Gasteiger partial charge in [0.15, 0.2) is 5.78 Å². The number of hydrogen-bond acceptors (Lipinski definition) is 5. The van der Waals surface area contributed by atoms with E-state index in [4.69, 9.17) is 4.74 Å². The highest BCUT2D eigenvalue weighted by molar-refractivity contribution is 7.11. The molecule has 0 atom stereocenters. The molecular weight excluding hydrogens is 556 g/mol. The van der Waals surface area contributed by atoms with Gasteiger partial charge in [-0.2, -0.15) is 0 Å². The molecule has 43 heavy (non-hydrogen) atoms. The Labute approximate surface area is 254 Å². The lowest BCUT2D eigenvalue weighted by Gasteiger charge is -2.13. The van der Waals surface area contributed by atoms with Crippen molar-refractivity contribution in [2.75, 3.05) is 17.7 Å². The van der Waals surface area contributed by atoms with Gasteiger partial charge in [0.05, 0.1) is 19.2 Å². The molecule has 1 heterocycles. The SMILES string of the molecule is COc1ccc(-c2csc(/C=C/C(=O)Nc3ccc(NC(=O)Cc4ccc(C)cc4)c(C(=O)c4ccccc4)c3)c2)cc1. The number of methoxy groups -OCH3 is 1. The zero-order valence-electron chi connectivity index (χ0n) is 23.8. The Kier molecular flexibility index (Phi) is 9.24. The molecule has 0 unspecified atom stereocenters. The first-order valence-electron chi connectivity index (χ1n) is 13.7. The molecule has 0 spiro atoms. The molecule has 0 saturated heterocycles. The van der Waals surface area contributed by atoms with Gasteiger partial charge in [0, 0.05) is 27.8 Å². The normalized spacial score (nSPS) is 10.8. The van der Waals surface area contributed by atoms with E-state index < -0.39 is 0 Å². The Morgan fingerprint density at radius 1 is 0.814 bits per heavy atom. The zero-order chi connectivity index (χ0) is 30.2. The highest BCUT2D eigenvalue weighted by Crippen LogP contribution is 2.28. The average molecular weight is 587 g/mol. The van der Waals surface area contributed by atoms with Crippen molar-refractivity contribution in [2.45, 2.75) is 13.3 Å². The van der Waals surface area contributed by atoms with Gasteiger partial charge in [-0.05, 0) is 71.5 Å². The first kappa shape index (κ1) is 29.2. The number of aryl methyl sites for hydroxylation is 1. The fourth-order valence-corrected chi connectivity index (χ4v) is 5.28. The van der Waals surface area contributed by atoms with Crippen LogP contribution in [0.4, 0.5) is 11.4 Å². The first-order valence-corrected chi connectivity index (χ1v) is 14.6. The third-order valence-electron chi connectivity index (χ3n) is 6.77. The quantitative estimate of drug-likeness (QED) is 0.129. The fraction of sp³-hybridized carbons (Fsp3) is 0.0833. The van der Waals surface area contributed by atoms with E-state index in [2.05, 4.69) is 10.6 Å². The van der Waals surface area contributed by atoms with Crippen molar-refractivity contribution in [3.05, 3.63) is 142 Å². The van der Waals surface area contributed by atoms with E-state index in [0.29, 0.717) is 16.9 Å². The molecule has 0 aliphatic heterocycles. The second-order valence-electron chi connectivity index (χ2n) is 9.95. The van der Waals surface area contributed by atoms with Gasteiger partial charge in [-0.3, -0.25) is 14.4 Å². The second-order valence-corrected chi connectivity index (χ2v) is 10.9. The topological polar surface area (TPSA) is 84.5 Å². The molecule has 0 bridgehead atoms. The number of ketones is 1. The monoisotopic (exact) mass is 586 g/mol. The van der Waals surface area contributed by atoms with E-state index in [1.165, 1.54) is 17.4 Å². The molecule has 5 aromatic rings. The van der Waals surface area contributed by atoms with Crippen LogP contribution in [0.1, 0.15) is 31.9 Å². The second kappa shape index (κ2) is 13.6. The largest absolute Gasteiger partial charge is 0.497 e. The van der Waals surface area contributed by atoms with Crippen LogP contribution in [-0.4, -0.2) is 24.7 Å². The zero-order valence-corrected chi connectivity index (χ0v) is 24.6. The Morgan fingerprint density at radius 2 is 1.56 bits per heavy atom. The number of carbonyl (C=O) groups is 3. The van der Waals surface area contributed by atoms with E-state index >= 15 is 0 Å². The van der Waals surface area contributed by atoms with Gasteiger partial charge in [0.25, 0.3) is 0 Å². The van der Waals surface area contributed by atoms with Crippen LogP contribution in [0.5, 0.6) is 5.75 Å². The summed E-state index contributed by atoms with van der Waals surface area (Å²) in [5, 5.41) is 7.75.